The Morgan fingerprint density at radius 2 is 1.89 bits per heavy atom. The van der Waals surface area contributed by atoms with Gasteiger partial charge >= 0.3 is 0 Å². The Balaban J connectivity index is 1.10. The van der Waals surface area contributed by atoms with E-state index in [1.165, 1.54) is 42.1 Å². The third-order valence-corrected chi connectivity index (χ3v) is 8.43. The smallest absolute Gasteiger partial charge is 0.238 e. The van der Waals surface area contributed by atoms with E-state index in [4.69, 9.17) is 5.14 Å². The van der Waals surface area contributed by atoms with Gasteiger partial charge in [0.2, 0.25) is 10.0 Å². The van der Waals surface area contributed by atoms with Gasteiger partial charge < -0.3 is 9.88 Å². The standard InChI is InChI=1S/C27H34N6O2S/c1-20(22-5-3-7-25(14-22)36(28,34)35)17-32-12-10-21(11-13-32)4-2-6-23-16-29-27-9-8-24(15-26(23)27)33-18-30-31-19-33/h3,5,7-9,14-16,18-21,29H,2,4,6,10-13,17H2,1H3,(H2,28,34,35). The van der Waals surface area contributed by atoms with Crippen molar-refractivity contribution in [3.05, 3.63) is 72.4 Å². The molecule has 1 saturated heterocycles. The fourth-order valence-electron chi connectivity index (χ4n) is 5.40. The Hall–Kier alpha value is -3.01. The molecular weight excluding hydrogens is 472 g/mol. The lowest BCUT2D eigenvalue weighted by atomic mass is 9.90. The van der Waals surface area contributed by atoms with Crippen LogP contribution < -0.4 is 5.14 Å². The zero-order valence-corrected chi connectivity index (χ0v) is 21.5. The van der Waals surface area contributed by atoms with E-state index in [2.05, 4.69) is 51.4 Å². The molecular formula is C27H34N6O2S. The molecule has 36 heavy (non-hydrogen) atoms. The molecule has 0 spiro atoms. The third-order valence-electron chi connectivity index (χ3n) is 7.52. The first kappa shape index (κ1) is 24.7. The van der Waals surface area contributed by atoms with Crippen molar-refractivity contribution in [3.63, 3.8) is 0 Å². The Morgan fingerprint density at radius 3 is 2.64 bits per heavy atom. The molecule has 1 aliphatic heterocycles. The lowest BCUT2D eigenvalue weighted by Gasteiger charge is -2.33. The number of nitrogens with zero attached hydrogens (tertiary/aromatic N) is 4. The average Bonchev–Trinajstić information content (AvgIpc) is 3.55. The molecule has 9 heteroatoms. The summed E-state index contributed by atoms with van der Waals surface area (Å²) < 4.78 is 25.3. The average molecular weight is 507 g/mol. The SMILES string of the molecule is CC(CN1CCC(CCCc2c[nH]c3ccc(-n4cnnc4)cc23)CC1)c1cccc(S(N)(=O)=O)c1. The van der Waals surface area contributed by atoms with Crippen LogP contribution in [0.2, 0.25) is 0 Å². The number of rotatable bonds is 9. The van der Waals surface area contributed by atoms with Crippen molar-refractivity contribution in [2.24, 2.45) is 11.1 Å². The van der Waals surface area contributed by atoms with Crippen molar-refractivity contribution in [3.8, 4) is 5.69 Å². The second-order valence-electron chi connectivity index (χ2n) is 10.1. The molecule has 1 fully saturated rings. The molecule has 2 aromatic carbocycles. The summed E-state index contributed by atoms with van der Waals surface area (Å²) in [4.78, 5) is 6.11. The van der Waals surface area contributed by atoms with E-state index in [0.717, 1.165) is 43.2 Å². The summed E-state index contributed by atoms with van der Waals surface area (Å²) in [6, 6.07) is 13.5. The molecule has 5 rings (SSSR count). The quantitative estimate of drug-likeness (QED) is 0.353. The summed E-state index contributed by atoms with van der Waals surface area (Å²) >= 11 is 0. The summed E-state index contributed by atoms with van der Waals surface area (Å²) in [6.07, 6.45) is 11.5. The molecule has 0 bridgehead atoms. The number of hydrogen-bond donors (Lipinski definition) is 2. The van der Waals surface area contributed by atoms with E-state index in [-0.39, 0.29) is 10.8 Å². The van der Waals surface area contributed by atoms with Crippen LogP contribution in [0, 0.1) is 5.92 Å². The normalized spacial score (nSPS) is 16.5. The molecule has 3 N–H and O–H groups in total. The number of aromatic nitrogens is 4. The lowest BCUT2D eigenvalue weighted by Crippen LogP contribution is -2.36. The van der Waals surface area contributed by atoms with Gasteiger partial charge in [0.05, 0.1) is 4.90 Å². The highest BCUT2D eigenvalue weighted by molar-refractivity contribution is 7.89. The highest BCUT2D eigenvalue weighted by atomic mass is 32.2. The summed E-state index contributed by atoms with van der Waals surface area (Å²) in [5.41, 5.74) is 4.63. The molecule has 0 aliphatic carbocycles. The van der Waals surface area contributed by atoms with Crippen molar-refractivity contribution in [1.29, 1.82) is 0 Å². The predicted octanol–water partition coefficient (Wildman–Crippen LogP) is 4.23. The predicted molar refractivity (Wildman–Crippen MR) is 142 cm³/mol. The minimum Gasteiger partial charge on any atom is -0.361 e. The van der Waals surface area contributed by atoms with Gasteiger partial charge in [-0.05, 0) is 92.1 Å². The number of aromatic amines is 1. The highest BCUT2D eigenvalue weighted by Crippen LogP contribution is 2.28. The van der Waals surface area contributed by atoms with Crippen molar-refractivity contribution < 1.29 is 8.42 Å². The number of hydrogen-bond acceptors (Lipinski definition) is 5. The number of nitrogens with two attached hydrogens (primary N) is 1. The molecule has 2 aromatic heterocycles. The number of piperidine rings is 1. The zero-order chi connectivity index (χ0) is 25.1. The van der Waals surface area contributed by atoms with Crippen LogP contribution in [0.1, 0.15) is 49.7 Å². The summed E-state index contributed by atoms with van der Waals surface area (Å²) in [5, 5.41) is 14.4. The first-order valence-electron chi connectivity index (χ1n) is 12.7. The van der Waals surface area contributed by atoms with Gasteiger partial charge in [0, 0.05) is 29.3 Å². The summed E-state index contributed by atoms with van der Waals surface area (Å²) in [6.45, 7) is 5.29. The van der Waals surface area contributed by atoms with Crippen LogP contribution in [0.4, 0.5) is 0 Å². The highest BCUT2D eigenvalue weighted by Gasteiger charge is 2.21. The third kappa shape index (κ3) is 5.69. The van der Waals surface area contributed by atoms with Crippen molar-refractivity contribution in [2.45, 2.75) is 49.8 Å². The second kappa shape index (κ2) is 10.5. The van der Waals surface area contributed by atoms with E-state index in [0.29, 0.717) is 0 Å². The van der Waals surface area contributed by atoms with Gasteiger partial charge in [0.1, 0.15) is 12.7 Å². The number of H-pyrrole nitrogens is 1. The van der Waals surface area contributed by atoms with Crippen molar-refractivity contribution in [2.75, 3.05) is 19.6 Å². The van der Waals surface area contributed by atoms with Gasteiger partial charge in [0.15, 0.2) is 0 Å². The molecule has 0 amide bonds. The van der Waals surface area contributed by atoms with Gasteiger partial charge in [-0.3, -0.25) is 4.57 Å². The maximum Gasteiger partial charge on any atom is 0.238 e. The van der Waals surface area contributed by atoms with Gasteiger partial charge in [-0.25, -0.2) is 13.6 Å². The fraction of sp³-hybridized carbons (Fsp3) is 0.407. The number of likely N-dealkylation sites (tertiary alicyclic amines) is 1. The van der Waals surface area contributed by atoms with E-state index in [1.54, 1.807) is 30.9 Å². The number of fused-ring (bicyclic) bond motifs is 1. The number of benzene rings is 2. The Morgan fingerprint density at radius 1 is 1.11 bits per heavy atom. The zero-order valence-electron chi connectivity index (χ0n) is 20.7. The van der Waals surface area contributed by atoms with Gasteiger partial charge in [-0.15, -0.1) is 10.2 Å². The minimum atomic E-state index is -3.67. The number of aryl methyl sites for hydroxylation is 1. The van der Waals surface area contributed by atoms with Crippen LogP contribution in [-0.2, 0) is 16.4 Å². The van der Waals surface area contributed by atoms with E-state index >= 15 is 0 Å². The fourth-order valence-corrected chi connectivity index (χ4v) is 5.97. The molecule has 190 valence electrons. The number of nitrogens with one attached hydrogen (secondary N) is 1. The van der Waals surface area contributed by atoms with E-state index in [1.807, 2.05) is 10.6 Å². The summed E-state index contributed by atoms with van der Waals surface area (Å²) in [5.74, 6) is 1.02. The molecule has 1 unspecified atom stereocenters. The van der Waals surface area contributed by atoms with Crippen LogP contribution in [0.15, 0.2) is 66.2 Å². The Labute approximate surface area is 212 Å². The second-order valence-corrected chi connectivity index (χ2v) is 11.6. The molecule has 4 aromatic rings. The largest absolute Gasteiger partial charge is 0.361 e. The lowest BCUT2D eigenvalue weighted by molar-refractivity contribution is 0.171. The minimum absolute atomic E-state index is 0.190. The molecule has 1 atom stereocenters. The summed E-state index contributed by atoms with van der Waals surface area (Å²) in [7, 11) is -3.67. The van der Waals surface area contributed by atoms with E-state index in [9.17, 15) is 8.42 Å². The molecule has 3 heterocycles. The van der Waals surface area contributed by atoms with Crippen LogP contribution >= 0.6 is 0 Å². The monoisotopic (exact) mass is 506 g/mol. The van der Waals surface area contributed by atoms with Gasteiger partial charge in [-0.1, -0.05) is 25.5 Å². The Bertz CT molecular complexity index is 1410. The first-order chi connectivity index (χ1) is 17.4. The van der Waals surface area contributed by atoms with Crippen molar-refractivity contribution >= 4 is 20.9 Å². The van der Waals surface area contributed by atoms with Crippen molar-refractivity contribution in [1.82, 2.24) is 24.6 Å². The van der Waals surface area contributed by atoms with Crippen LogP contribution in [0.3, 0.4) is 0 Å². The topological polar surface area (TPSA) is 110 Å². The van der Waals surface area contributed by atoms with Crippen LogP contribution in [0.25, 0.3) is 16.6 Å². The van der Waals surface area contributed by atoms with E-state index < -0.39 is 10.0 Å². The number of primary sulfonamides is 1. The molecule has 8 nitrogen and oxygen atoms in total. The molecule has 0 radical (unpaired) electrons. The maximum atomic E-state index is 11.7. The molecule has 0 saturated carbocycles. The Kier molecular flexibility index (Phi) is 7.22. The number of sulfonamides is 1. The van der Waals surface area contributed by atoms with Gasteiger partial charge in [0.25, 0.3) is 0 Å². The first-order valence-corrected chi connectivity index (χ1v) is 14.2. The van der Waals surface area contributed by atoms with Crippen LogP contribution in [0.5, 0.6) is 0 Å². The maximum absolute atomic E-state index is 11.7. The van der Waals surface area contributed by atoms with Gasteiger partial charge in [-0.2, -0.15) is 0 Å². The van der Waals surface area contributed by atoms with Crippen LogP contribution in [-0.4, -0.2) is 52.7 Å². The molecule has 1 aliphatic rings.